The first-order valence-corrected chi connectivity index (χ1v) is 6.81. The molecule has 1 atom stereocenters. The summed E-state index contributed by atoms with van der Waals surface area (Å²) in [4.78, 5) is 4.10. The molecule has 1 aliphatic carbocycles. The van der Waals surface area contributed by atoms with Crippen LogP contribution in [0.2, 0.25) is 0 Å². The third-order valence-electron chi connectivity index (χ3n) is 3.81. The van der Waals surface area contributed by atoms with Crippen molar-refractivity contribution >= 4 is 0 Å². The number of aromatic hydroxyl groups is 1. The van der Waals surface area contributed by atoms with E-state index in [2.05, 4.69) is 16.4 Å². The monoisotopic (exact) mass is 270 g/mol. The number of fused-ring (bicyclic) bond motifs is 1. The Morgan fingerprint density at radius 3 is 3.15 bits per heavy atom. The van der Waals surface area contributed by atoms with Gasteiger partial charge in [0.1, 0.15) is 5.75 Å². The second kappa shape index (κ2) is 5.51. The van der Waals surface area contributed by atoms with Crippen molar-refractivity contribution in [1.29, 1.82) is 0 Å². The lowest BCUT2D eigenvalue weighted by Crippen LogP contribution is -2.18. The van der Waals surface area contributed by atoms with E-state index < -0.39 is 0 Å². The molecule has 4 nitrogen and oxygen atoms in total. The summed E-state index contributed by atoms with van der Waals surface area (Å²) in [5, 5.41) is 13.4. The van der Waals surface area contributed by atoms with E-state index in [0.29, 0.717) is 17.7 Å². The smallest absolute Gasteiger partial charge is 0.213 e. The number of nitrogens with zero attached hydrogens (tertiary/aromatic N) is 1. The van der Waals surface area contributed by atoms with Crippen LogP contribution in [0.4, 0.5) is 0 Å². The fourth-order valence-corrected chi connectivity index (χ4v) is 2.76. The van der Waals surface area contributed by atoms with Crippen molar-refractivity contribution in [2.75, 3.05) is 7.11 Å². The van der Waals surface area contributed by atoms with E-state index in [9.17, 15) is 5.11 Å². The van der Waals surface area contributed by atoms with Gasteiger partial charge in [0, 0.05) is 24.8 Å². The average molecular weight is 270 g/mol. The maximum absolute atomic E-state index is 9.85. The highest BCUT2D eigenvalue weighted by Gasteiger charge is 2.23. The van der Waals surface area contributed by atoms with E-state index in [-0.39, 0.29) is 0 Å². The number of methoxy groups -OCH3 is 1. The highest BCUT2D eigenvalue weighted by atomic mass is 16.5. The third-order valence-corrected chi connectivity index (χ3v) is 3.81. The molecule has 1 aliphatic rings. The van der Waals surface area contributed by atoms with Gasteiger partial charge in [-0.05, 0) is 41.7 Å². The Kier molecular flexibility index (Phi) is 3.56. The van der Waals surface area contributed by atoms with Crippen LogP contribution in [-0.4, -0.2) is 17.2 Å². The van der Waals surface area contributed by atoms with Crippen molar-refractivity contribution in [3.8, 4) is 11.6 Å². The number of nitrogens with one attached hydrogen (secondary N) is 1. The van der Waals surface area contributed by atoms with Crippen molar-refractivity contribution < 1.29 is 9.84 Å². The van der Waals surface area contributed by atoms with Crippen molar-refractivity contribution in [2.45, 2.75) is 25.4 Å². The van der Waals surface area contributed by atoms with Crippen molar-refractivity contribution in [3.05, 3.63) is 53.2 Å². The molecule has 0 saturated carbocycles. The zero-order valence-corrected chi connectivity index (χ0v) is 11.5. The summed E-state index contributed by atoms with van der Waals surface area (Å²) in [7, 11) is 1.62. The SMILES string of the molecule is COc1cc(CNC2CCc3c(O)cccc32)ccn1. The molecule has 1 aromatic heterocycles. The fraction of sp³-hybridized carbons (Fsp3) is 0.312. The number of ether oxygens (including phenoxy) is 1. The van der Waals surface area contributed by atoms with Gasteiger partial charge in [-0.1, -0.05) is 12.1 Å². The topological polar surface area (TPSA) is 54.4 Å². The Hall–Kier alpha value is -2.07. The molecule has 0 fully saturated rings. The average Bonchev–Trinajstić information content (AvgIpc) is 2.90. The second-order valence-corrected chi connectivity index (χ2v) is 5.02. The molecule has 2 aromatic rings. The molecule has 4 heteroatoms. The molecule has 0 spiro atoms. The molecule has 1 aromatic carbocycles. The van der Waals surface area contributed by atoms with Gasteiger partial charge in [0.15, 0.2) is 0 Å². The van der Waals surface area contributed by atoms with Gasteiger partial charge in [-0.2, -0.15) is 0 Å². The van der Waals surface area contributed by atoms with Crippen LogP contribution in [0.15, 0.2) is 36.5 Å². The van der Waals surface area contributed by atoms with Crippen molar-refractivity contribution in [2.24, 2.45) is 0 Å². The summed E-state index contributed by atoms with van der Waals surface area (Å²) in [6, 6.07) is 9.97. The van der Waals surface area contributed by atoms with Gasteiger partial charge < -0.3 is 15.2 Å². The molecule has 20 heavy (non-hydrogen) atoms. The number of hydrogen-bond acceptors (Lipinski definition) is 4. The van der Waals surface area contributed by atoms with E-state index in [0.717, 1.165) is 30.5 Å². The fourth-order valence-electron chi connectivity index (χ4n) is 2.76. The lowest BCUT2D eigenvalue weighted by molar-refractivity contribution is 0.396. The first kappa shape index (κ1) is 12.9. The largest absolute Gasteiger partial charge is 0.508 e. The summed E-state index contributed by atoms with van der Waals surface area (Å²) in [5.74, 6) is 1.05. The molecule has 0 saturated heterocycles. The van der Waals surface area contributed by atoms with Gasteiger partial charge in [-0.15, -0.1) is 0 Å². The van der Waals surface area contributed by atoms with Crippen LogP contribution in [0.5, 0.6) is 11.6 Å². The number of hydrogen-bond donors (Lipinski definition) is 2. The summed E-state index contributed by atoms with van der Waals surface area (Å²) < 4.78 is 5.13. The second-order valence-electron chi connectivity index (χ2n) is 5.02. The van der Waals surface area contributed by atoms with Gasteiger partial charge >= 0.3 is 0 Å². The minimum Gasteiger partial charge on any atom is -0.508 e. The van der Waals surface area contributed by atoms with E-state index in [1.165, 1.54) is 5.56 Å². The first-order valence-electron chi connectivity index (χ1n) is 6.81. The van der Waals surface area contributed by atoms with Crippen LogP contribution in [-0.2, 0) is 13.0 Å². The van der Waals surface area contributed by atoms with E-state index in [4.69, 9.17) is 4.74 Å². The normalized spacial score (nSPS) is 16.9. The number of pyridine rings is 1. The standard InChI is InChI=1S/C16H18N2O2/c1-20-16-9-11(7-8-17-16)10-18-14-6-5-13-12(14)3-2-4-15(13)19/h2-4,7-9,14,18-19H,5-6,10H2,1H3. The van der Waals surface area contributed by atoms with Crippen molar-refractivity contribution in [3.63, 3.8) is 0 Å². The van der Waals surface area contributed by atoms with Crippen molar-refractivity contribution in [1.82, 2.24) is 10.3 Å². The van der Waals surface area contributed by atoms with Gasteiger partial charge in [-0.3, -0.25) is 0 Å². The van der Waals surface area contributed by atoms with Crippen LogP contribution in [0, 0.1) is 0 Å². The number of benzene rings is 1. The van der Waals surface area contributed by atoms with E-state index >= 15 is 0 Å². The zero-order valence-electron chi connectivity index (χ0n) is 11.5. The summed E-state index contributed by atoms with van der Waals surface area (Å²) in [5.41, 5.74) is 3.44. The van der Waals surface area contributed by atoms with Gasteiger partial charge in [0.05, 0.1) is 7.11 Å². The minimum absolute atomic E-state index is 0.302. The Labute approximate surface area is 118 Å². The molecule has 3 rings (SSSR count). The van der Waals surface area contributed by atoms with Gasteiger partial charge in [0.2, 0.25) is 5.88 Å². The Morgan fingerprint density at radius 1 is 1.40 bits per heavy atom. The molecule has 0 radical (unpaired) electrons. The summed E-state index contributed by atoms with van der Waals surface area (Å²) in [6.07, 6.45) is 3.71. The Morgan fingerprint density at radius 2 is 2.30 bits per heavy atom. The van der Waals surface area contributed by atoms with Crippen LogP contribution in [0.3, 0.4) is 0 Å². The predicted molar refractivity (Wildman–Crippen MR) is 76.8 cm³/mol. The molecule has 1 unspecified atom stereocenters. The summed E-state index contributed by atoms with van der Waals surface area (Å²) >= 11 is 0. The molecule has 0 amide bonds. The van der Waals surface area contributed by atoms with E-state index in [1.807, 2.05) is 18.2 Å². The quantitative estimate of drug-likeness (QED) is 0.896. The highest BCUT2D eigenvalue weighted by molar-refractivity contribution is 5.44. The molecule has 1 heterocycles. The molecule has 0 bridgehead atoms. The number of phenols is 1. The number of aromatic nitrogens is 1. The first-order chi connectivity index (χ1) is 9.78. The Balaban J connectivity index is 1.70. The summed E-state index contributed by atoms with van der Waals surface area (Å²) in [6.45, 7) is 0.763. The molecule has 2 N–H and O–H groups in total. The Bertz CT molecular complexity index is 613. The number of rotatable bonds is 4. The highest BCUT2D eigenvalue weighted by Crippen LogP contribution is 2.36. The third kappa shape index (κ3) is 2.47. The van der Waals surface area contributed by atoms with Crippen LogP contribution >= 0.6 is 0 Å². The molecule has 104 valence electrons. The van der Waals surface area contributed by atoms with Crippen LogP contribution in [0.25, 0.3) is 0 Å². The minimum atomic E-state index is 0.302. The lowest BCUT2D eigenvalue weighted by atomic mass is 10.1. The zero-order chi connectivity index (χ0) is 13.9. The van der Waals surface area contributed by atoms with Gasteiger partial charge in [-0.25, -0.2) is 4.98 Å². The predicted octanol–water partition coefficient (Wildman–Crippen LogP) is 2.57. The van der Waals surface area contributed by atoms with Crippen LogP contribution < -0.4 is 10.1 Å². The van der Waals surface area contributed by atoms with Gasteiger partial charge in [0.25, 0.3) is 0 Å². The molecular weight excluding hydrogens is 252 g/mol. The maximum atomic E-state index is 9.85. The van der Waals surface area contributed by atoms with Crippen LogP contribution in [0.1, 0.15) is 29.2 Å². The van der Waals surface area contributed by atoms with E-state index in [1.54, 1.807) is 19.4 Å². The maximum Gasteiger partial charge on any atom is 0.213 e. The molecular formula is C16H18N2O2. The number of phenolic OH excluding ortho intramolecular Hbond substituents is 1. The molecule has 0 aliphatic heterocycles. The lowest BCUT2D eigenvalue weighted by Gasteiger charge is -2.14.